The monoisotopic (exact) mass is 443 g/mol. The molecule has 1 aliphatic rings. The zero-order valence-electron chi connectivity index (χ0n) is 17.9. The zero-order valence-corrected chi connectivity index (χ0v) is 18.7. The Morgan fingerprint density at radius 1 is 1.10 bits per heavy atom. The van der Waals surface area contributed by atoms with Gasteiger partial charge >= 0.3 is 0 Å². The molecule has 9 heteroatoms. The molecule has 1 atom stereocenters. The minimum atomic E-state index is -3.72. The Bertz CT molecular complexity index is 1110. The van der Waals surface area contributed by atoms with Crippen LogP contribution in [0.3, 0.4) is 0 Å². The van der Waals surface area contributed by atoms with Crippen molar-refractivity contribution in [3.8, 4) is 5.75 Å². The quantitative estimate of drug-likeness (QED) is 0.684. The molecule has 8 nitrogen and oxygen atoms in total. The SMILES string of the molecule is CCS(=O)(=O)N(C(C)=O)c1ccc(C2=NN(C(C)=O)C(c3ccc(OC)cc3)C2)cc1. The molecule has 0 bridgehead atoms. The lowest BCUT2D eigenvalue weighted by Crippen LogP contribution is -2.36. The third-order valence-electron chi connectivity index (χ3n) is 5.10. The first-order valence-electron chi connectivity index (χ1n) is 9.83. The number of hydrogen-bond donors (Lipinski definition) is 0. The maximum absolute atomic E-state index is 12.3. The van der Waals surface area contributed by atoms with Crippen molar-refractivity contribution in [3.63, 3.8) is 0 Å². The van der Waals surface area contributed by atoms with Crippen LogP contribution in [0.2, 0.25) is 0 Å². The number of carbonyl (C=O) groups excluding carboxylic acids is 2. The third-order valence-corrected chi connectivity index (χ3v) is 6.85. The average Bonchev–Trinajstić information content (AvgIpc) is 3.20. The van der Waals surface area contributed by atoms with E-state index in [0.29, 0.717) is 12.1 Å². The maximum atomic E-state index is 12.3. The Kier molecular flexibility index (Phi) is 6.45. The Balaban J connectivity index is 1.89. The second-order valence-electron chi connectivity index (χ2n) is 7.13. The van der Waals surface area contributed by atoms with E-state index in [1.165, 1.54) is 25.8 Å². The highest BCUT2D eigenvalue weighted by atomic mass is 32.2. The van der Waals surface area contributed by atoms with Gasteiger partial charge in [0.2, 0.25) is 21.8 Å². The minimum Gasteiger partial charge on any atom is -0.497 e. The van der Waals surface area contributed by atoms with E-state index in [2.05, 4.69) is 5.10 Å². The number of hydrogen-bond acceptors (Lipinski definition) is 6. The van der Waals surface area contributed by atoms with Gasteiger partial charge in [0.15, 0.2) is 0 Å². The molecule has 3 rings (SSSR count). The number of sulfonamides is 1. The predicted octanol–water partition coefficient (Wildman–Crippen LogP) is 3.10. The van der Waals surface area contributed by atoms with Crippen molar-refractivity contribution in [2.24, 2.45) is 5.10 Å². The van der Waals surface area contributed by atoms with Crippen LogP contribution in [0.4, 0.5) is 5.69 Å². The summed E-state index contributed by atoms with van der Waals surface area (Å²) in [6, 6.07) is 13.8. The summed E-state index contributed by atoms with van der Waals surface area (Å²) >= 11 is 0. The fraction of sp³-hybridized carbons (Fsp3) is 0.318. The topological polar surface area (TPSA) is 96.4 Å². The maximum Gasteiger partial charge on any atom is 0.241 e. The highest BCUT2D eigenvalue weighted by Crippen LogP contribution is 2.34. The Morgan fingerprint density at radius 3 is 2.19 bits per heavy atom. The van der Waals surface area contributed by atoms with E-state index in [0.717, 1.165) is 21.2 Å². The first kappa shape index (κ1) is 22.5. The first-order valence-corrected chi connectivity index (χ1v) is 11.4. The fourth-order valence-electron chi connectivity index (χ4n) is 3.52. The number of methoxy groups -OCH3 is 1. The fourth-order valence-corrected chi connectivity index (χ4v) is 4.61. The van der Waals surface area contributed by atoms with Crippen molar-refractivity contribution in [1.82, 2.24) is 5.01 Å². The van der Waals surface area contributed by atoms with Gasteiger partial charge in [-0.25, -0.2) is 17.7 Å². The van der Waals surface area contributed by atoms with E-state index >= 15 is 0 Å². The summed E-state index contributed by atoms with van der Waals surface area (Å²) in [6.07, 6.45) is 0.509. The lowest BCUT2D eigenvalue weighted by atomic mass is 9.98. The number of carbonyl (C=O) groups is 2. The van der Waals surface area contributed by atoms with Gasteiger partial charge in [-0.05, 0) is 42.3 Å². The normalized spacial score (nSPS) is 16.1. The van der Waals surface area contributed by atoms with Crippen molar-refractivity contribution >= 4 is 33.2 Å². The standard InChI is InChI=1S/C22H25N3O5S/c1-5-31(28,29)25(16(3)27)19-10-6-17(7-11-19)21-14-22(24(23-21)15(2)26)18-8-12-20(30-4)13-9-18/h6-13,22H,5,14H2,1-4H3. The Labute approximate surface area is 182 Å². The second-order valence-corrected chi connectivity index (χ2v) is 9.24. The van der Waals surface area contributed by atoms with E-state index in [9.17, 15) is 18.0 Å². The molecule has 2 aromatic carbocycles. The highest BCUT2D eigenvalue weighted by molar-refractivity contribution is 7.93. The number of benzene rings is 2. The van der Waals surface area contributed by atoms with Crippen LogP contribution >= 0.6 is 0 Å². The molecule has 164 valence electrons. The molecule has 0 aromatic heterocycles. The van der Waals surface area contributed by atoms with Crippen molar-refractivity contribution in [2.45, 2.75) is 33.2 Å². The summed E-state index contributed by atoms with van der Waals surface area (Å²) in [5.41, 5.74) is 2.66. The largest absolute Gasteiger partial charge is 0.497 e. The van der Waals surface area contributed by atoms with Crippen LogP contribution in [0.1, 0.15) is 44.4 Å². The van der Waals surface area contributed by atoms with Gasteiger partial charge < -0.3 is 4.74 Å². The summed E-state index contributed by atoms with van der Waals surface area (Å²) in [6.45, 7) is 4.17. The van der Waals surface area contributed by atoms with Crippen molar-refractivity contribution in [3.05, 3.63) is 59.7 Å². The number of anilines is 1. The van der Waals surface area contributed by atoms with E-state index in [1.807, 2.05) is 24.3 Å². The van der Waals surface area contributed by atoms with Gasteiger partial charge in [0.05, 0.1) is 30.3 Å². The lowest BCUT2D eigenvalue weighted by molar-refractivity contribution is -0.130. The molecule has 0 saturated heterocycles. The third kappa shape index (κ3) is 4.61. The van der Waals surface area contributed by atoms with E-state index in [4.69, 9.17) is 4.74 Å². The number of nitrogens with zero attached hydrogens (tertiary/aromatic N) is 3. The molecule has 0 N–H and O–H groups in total. The smallest absolute Gasteiger partial charge is 0.241 e. The number of ether oxygens (including phenoxy) is 1. The Hall–Kier alpha value is -3.20. The molecule has 0 fully saturated rings. The van der Waals surface area contributed by atoms with Crippen LogP contribution in [-0.2, 0) is 19.6 Å². The van der Waals surface area contributed by atoms with Gasteiger partial charge in [-0.2, -0.15) is 5.10 Å². The predicted molar refractivity (Wildman–Crippen MR) is 118 cm³/mol. The van der Waals surface area contributed by atoms with Crippen molar-refractivity contribution in [2.75, 3.05) is 17.2 Å². The molecule has 0 spiro atoms. The van der Waals surface area contributed by atoms with E-state index in [-0.39, 0.29) is 23.4 Å². The van der Waals surface area contributed by atoms with Gasteiger partial charge in [-0.15, -0.1) is 0 Å². The second kappa shape index (κ2) is 8.89. The van der Waals surface area contributed by atoms with Crippen molar-refractivity contribution < 1.29 is 22.7 Å². The van der Waals surface area contributed by atoms with Crippen LogP contribution in [0.25, 0.3) is 0 Å². The number of hydrazone groups is 1. The summed E-state index contributed by atoms with van der Waals surface area (Å²) in [5.74, 6) is -0.206. The van der Waals surface area contributed by atoms with Crippen LogP contribution in [0, 0.1) is 0 Å². The summed E-state index contributed by atoms with van der Waals surface area (Å²) < 4.78 is 30.5. The van der Waals surface area contributed by atoms with Gasteiger partial charge in [0.1, 0.15) is 5.75 Å². The van der Waals surface area contributed by atoms with Crippen LogP contribution in [0.5, 0.6) is 5.75 Å². The molecular formula is C22H25N3O5S. The molecule has 0 radical (unpaired) electrons. The van der Waals surface area contributed by atoms with Gasteiger partial charge in [0, 0.05) is 20.3 Å². The van der Waals surface area contributed by atoms with E-state index < -0.39 is 15.9 Å². The van der Waals surface area contributed by atoms with Crippen LogP contribution in [0.15, 0.2) is 53.6 Å². The van der Waals surface area contributed by atoms with Gasteiger partial charge in [0.25, 0.3) is 0 Å². The van der Waals surface area contributed by atoms with E-state index in [1.54, 1.807) is 31.4 Å². The Morgan fingerprint density at radius 2 is 1.71 bits per heavy atom. The molecule has 0 saturated carbocycles. The molecule has 31 heavy (non-hydrogen) atoms. The summed E-state index contributed by atoms with van der Waals surface area (Å²) in [5, 5.41) is 5.96. The highest BCUT2D eigenvalue weighted by Gasteiger charge is 2.32. The number of amides is 2. The average molecular weight is 444 g/mol. The molecule has 1 aliphatic heterocycles. The van der Waals surface area contributed by atoms with Crippen LogP contribution < -0.4 is 9.04 Å². The molecule has 0 aliphatic carbocycles. The molecule has 2 amide bonds. The lowest BCUT2D eigenvalue weighted by Gasteiger charge is -2.20. The molecule has 1 unspecified atom stereocenters. The van der Waals surface area contributed by atoms with Gasteiger partial charge in [-0.3, -0.25) is 9.59 Å². The van der Waals surface area contributed by atoms with Crippen LogP contribution in [-0.4, -0.2) is 43.8 Å². The molecular weight excluding hydrogens is 418 g/mol. The molecule has 1 heterocycles. The summed E-state index contributed by atoms with van der Waals surface area (Å²) in [7, 11) is -2.13. The minimum absolute atomic E-state index is 0.177. The summed E-state index contributed by atoms with van der Waals surface area (Å²) in [4.78, 5) is 24.1. The molecule has 2 aromatic rings. The zero-order chi connectivity index (χ0) is 22.8. The number of rotatable bonds is 6. The van der Waals surface area contributed by atoms with Crippen molar-refractivity contribution in [1.29, 1.82) is 0 Å². The van der Waals surface area contributed by atoms with Gasteiger partial charge in [-0.1, -0.05) is 24.3 Å². The first-order chi connectivity index (χ1) is 14.7.